The normalized spacial score (nSPS) is 14.8. The van der Waals surface area contributed by atoms with Gasteiger partial charge in [0.25, 0.3) is 5.91 Å². The van der Waals surface area contributed by atoms with Gasteiger partial charge in [0, 0.05) is 23.8 Å². The van der Waals surface area contributed by atoms with Gasteiger partial charge in [-0.2, -0.15) is 4.31 Å². The molecule has 1 saturated heterocycles. The SMILES string of the molecule is Nc1cc(Cl)ccc1C(=O)OCC(=O)Nc1cc(S(=O)(=O)N2CCOCC2)ccc1Cl. The molecule has 3 rings (SSSR count). The first-order valence-electron chi connectivity index (χ1n) is 9.08. The minimum absolute atomic E-state index is 0.0277. The number of anilines is 2. The summed E-state index contributed by atoms with van der Waals surface area (Å²) in [4.78, 5) is 24.3. The number of nitrogens with zero attached hydrogens (tertiary/aromatic N) is 1. The number of carbonyl (C=O) groups is 2. The summed E-state index contributed by atoms with van der Waals surface area (Å²) in [5.74, 6) is -1.51. The molecule has 9 nitrogen and oxygen atoms in total. The minimum Gasteiger partial charge on any atom is -0.452 e. The van der Waals surface area contributed by atoms with Crippen molar-refractivity contribution in [3.63, 3.8) is 0 Å². The van der Waals surface area contributed by atoms with Crippen molar-refractivity contribution >= 4 is 56.5 Å². The number of nitrogens with one attached hydrogen (secondary N) is 1. The van der Waals surface area contributed by atoms with Crippen molar-refractivity contribution in [3.8, 4) is 0 Å². The predicted octanol–water partition coefficient (Wildman–Crippen LogP) is 2.39. The molecule has 0 aromatic heterocycles. The minimum atomic E-state index is -3.77. The highest BCUT2D eigenvalue weighted by atomic mass is 35.5. The number of esters is 1. The van der Waals surface area contributed by atoms with E-state index < -0.39 is 28.5 Å². The van der Waals surface area contributed by atoms with E-state index in [1.165, 1.54) is 40.7 Å². The standard InChI is InChI=1S/C19H19Cl2N3O6S/c20-12-1-3-14(16(22)9-12)19(26)30-11-18(25)23-17-10-13(2-4-15(17)21)31(27,28)24-5-7-29-8-6-24/h1-4,9-10H,5-8,11,22H2,(H,23,25). The molecule has 1 fully saturated rings. The summed E-state index contributed by atoms with van der Waals surface area (Å²) >= 11 is 11.9. The maximum atomic E-state index is 12.8. The summed E-state index contributed by atoms with van der Waals surface area (Å²) in [6.07, 6.45) is 0. The molecule has 0 bridgehead atoms. The van der Waals surface area contributed by atoms with Gasteiger partial charge in [-0.3, -0.25) is 4.79 Å². The van der Waals surface area contributed by atoms with Gasteiger partial charge in [0.15, 0.2) is 6.61 Å². The summed E-state index contributed by atoms with van der Waals surface area (Å²) in [7, 11) is -3.77. The number of sulfonamides is 1. The van der Waals surface area contributed by atoms with Crippen LogP contribution in [0.3, 0.4) is 0 Å². The maximum Gasteiger partial charge on any atom is 0.340 e. The van der Waals surface area contributed by atoms with Gasteiger partial charge in [-0.25, -0.2) is 13.2 Å². The Balaban J connectivity index is 1.67. The third kappa shape index (κ3) is 5.66. The van der Waals surface area contributed by atoms with E-state index in [-0.39, 0.29) is 39.9 Å². The molecule has 2 aromatic carbocycles. The maximum absolute atomic E-state index is 12.8. The molecule has 1 heterocycles. The highest BCUT2D eigenvalue weighted by Crippen LogP contribution is 2.27. The van der Waals surface area contributed by atoms with E-state index in [0.29, 0.717) is 18.2 Å². The molecule has 166 valence electrons. The van der Waals surface area contributed by atoms with Crippen molar-refractivity contribution in [3.05, 3.63) is 52.0 Å². The van der Waals surface area contributed by atoms with E-state index in [1.807, 2.05) is 0 Å². The molecule has 0 aliphatic carbocycles. The Morgan fingerprint density at radius 3 is 2.52 bits per heavy atom. The molecule has 0 radical (unpaired) electrons. The van der Waals surface area contributed by atoms with Gasteiger partial charge in [0.2, 0.25) is 10.0 Å². The van der Waals surface area contributed by atoms with Gasteiger partial charge in [-0.1, -0.05) is 23.2 Å². The van der Waals surface area contributed by atoms with E-state index in [0.717, 1.165) is 0 Å². The van der Waals surface area contributed by atoms with Gasteiger partial charge in [-0.05, 0) is 36.4 Å². The van der Waals surface area contributed by atoms with Crippen LogP contribution in [0, 0.1) is 0 Å². The molecule has 31 heavy (non-hydrogen) atoms. The van der Waals surface area contributed by atoms with E-state index in [9.17, 15) is 18.0 Å². The number of nitrogens with two attached hydrogens (primary N) is 1. The average Bonchev–Trinajstić information content (AvgIpc) is 2.74. The van der Waals surface area contributed by atoms with Gasteiger partial charge < -0.3 is 20.5 Å². The number of morpholine rings is 1. The Morgan fingerprint density at radius 1 is 1.13 bits per heavy atom. The predicted molar refractivity (Wildman–Crippen MR) is 116 cm³/mol. The number of nitrogen functional groups attached to an aromatic ring is 1. The zero-order valence-electron chi connectivity index (χ0n) is 16.1. The number of ether oxygens (including phenoxy) is 2. The van der Waals surface area contributed by atoms with Gasteiger partial charge >= 0.3 is 5.97 Å². The number of hydrogen-bond donors (Lipinski definition) is 2. The van der Waals surface area contributed by atoms with Crippen LogP contribution in [-0.4, -0.2) is 57.5 Å². The largest absolute Gasteiger partial charge is 0.452 e. The van der Waals surface area contributed by atoms with Crippen LogP contribution in [0.25, 0.3) is 0 Å². The molecule has 3 N–H and O–H groups in total. The average molecular weight is 488 g/mol. The Hall–Kier alpha value is -2.37. The molecule has 0 atom stereocenters. The molecule has 1 amide bonds. The van der Waals surface area contributed by atoms with E-state index in [1.54, 1.807) is 0 Å². The van der Waals surface area contributed by atoms with E-state index in [2.05, 4.69) is 5.32 Å². The van der Waals surface area contributed by atoms with Crippen LogP contribution < -0.4 is 11.1 Å². The number of rotatable bonds is 6. The lowest BCUT2D eigenvalue weighted by molar-refractivity contribution is -0.119. The fourth-order valence-corrected chi connectivity index (χ4v) is 4.59. The number of hydrogen-bond acceptors (Lipinski definition) is 7. The van der Waals surface area contributed by atoms with Gasteiger partial charge in [0.1, 0.15) is 0 Å². The quantitative estimate of drug-likeness (QED) is 0.472. The molecule has 0 saturated carbocycles. The lowest BCUT2D eigenvalue weighted by Gasteiger charge is -2.26. The first kappa shape index (κ1) is 23.3. The number of carbonyl (C=O) groups excluding carboxylic acids is 2. The molecule has 1 aliphatic rings. The monoisotopic (exact) mass is 487 g/mol. The summed E-state index contributed by atoms with van der Waals surface area (Å²) in [6.45, 7) is 0.449. The lowest BCUT2D eigenvalue weighted by atomic mass is 10.2. The second-order valence-electron chi connectivity index (χ2n) is 6.51. The van der Waals surface area contributed by atoms with Crippen molar-refractivity contribution < 1.29 is 27.5 Å². The smallest absolute Gasteiger partial charge is 0.340 e. The summed E-state index contributed by atoms with van der Waals surface area (Å²) in [6, 6.07) is 8.21. The highest BCUT2D eigenvalue weighted by molar-refractivity contribution is 7.89. The first-order valence-corrected chi connectivity index (χ1v) is 11.3. The molecule has 0 spiro atoms. The lowest BCUT2D eigenvalue weighted by Crippen LogP contribution is -2.40. The van der Waals surface area contributed by atoms with Crippen molar-refractivity contribution in [1.29, 1.82) is 0 Å². The Morgan fingerprint density at radius 2 is 1.84 bits per heavy atom. The van der Waals surface area contributed by atoms with Gasteiger partial charge in [-0.15, -0.1) is 0 Å². The summed E-state index contributed by atoms with van der Waals surface area (Å²) < 4.78 is 37.0. The second kappa shape index (κ2) is 9.84. The Kier molecular flexibility index (Phi) is 7.39. The number of amides is 1. The Labute approximate surface area is 189 Å². The van der Waals surface area contributed by atoms with E-state index >= 15 is 0 Å². The summed E-state index contributed by atoms with van der Waals surface area (Å²) in [5.41, 5.74) is 5.97. The van der Waals surface area contributed by atoms with Crippen LogP contribution in [-0.2, 0) is 24.3 Å². The first-order chi connectivity index (χ1) is 14.7. The fraction of sp³-hybridized carbons (Fsp3) is 0.263. The number of benzene rings is 2. The molecule has 0 unspecified atom stereocenters. The van der Waals surface area contributed by atoms with Crippen LogP contribution in [0.4, 0.5) is 11.4 Å². The Bertz CT molecular complexity index is 1100. The fourth-order valence-electron chi connectivity index (χ4n) is 2.81. The molecule has 12 heteroatoms. The van der Waals surface area contributed by atoms with E-state index in [4.69, 9.17) is 38.4 Å². The number of halogens is 2. The topological polar surface area (TPSA) is 128 Å². The van der Waals surface area contributed by atoms with Crippen LogP contribution in [0.15, 0.2) is 41.3 Å². The van der Waals surface area contributed by atoms with Crippen molar-refractivity contribution in [2.45, 2.75) is 4.90 Å². The van der Waals surface area contributed by atoms with Crippen molar-refractivity contribution in [1.82, 2.24) is 4.31 Å². The third-order valence-corrected chi connectivity index (χ3v) is 6.85. The molecular formula is C19H19Cl2N3O6S. The second-order valence-corrected chi connectivity index (χ2v) is 9.30. The molecule has 1 aliphatic heterocycles. The van der Waals surface area contributed by atoms with Crippen LogP contribution in [0.5, 0.6) is 0 Å². The molecular weight excluding hydrogens is 469 g/mol. The van der Waals surface area contributed by atoms with Crippen molar-refractivity contribution in [2.24, 2.45) is 0 Å². The zero-order valence-corrected chi connectivity index (χ0v) is 18.5. The van der Waals surface area contributed by atoms with Gasteiger partial charge in [0.05, 0.1) is 34.4 Å². The van der Waals surface area contributed by atoms with Crippen LogP contribution in [0.1, 0.15) is 10.4 Å². The van der Waals surface area contributed by atoms with Crippen molar-refractivity contribution in [2.75, 3.05) is 44.0 Å². The highest BCUT2D eigenvalue weighted by Gasteiger charge is 2.27. The van der Waals surface area contributed by atoms with Crippen LogP contribution in [0.2, 0.25) is 10.0 Å². The molecule has 2 aromatic rings. The summed E-state index contributed by atoms with van der Waals surface area (Å²) in [5, 5.41) is 2.93. The third-order valence-electron chi connectivity index (χ3n) is 4.39. The zero-order chi connectivity index (χ0) is 22.6. The van der Waals surface area contributed by atoms with Crippen LogP contribution >= 0.6 is 23.2 Å².